The van der Waals surface area contributed by atoms with Crippen LogP contribution in [0.2, 0.25) is 5.02 Å². The summed E-state index contributed by atoms with van der Waals surface area (Å²) >= 11 is 8.89. The summed E-state index contributed by atoms with van der Waals surface area (Å²) in [6, 6.07) is 7.65. The molecule has 130 valence electrons. The quantitative estimate of drug-likeness (QED) is 0.556. The lowest BCUT2D eigenvalue weighted by Crippen LogP contribution is -2.32. The Morgan fingerprint density at radius 2 is 1.83 bits per heavy atom. The van der Waals surface area contributed by atoms with Gasteiger partial charge in [-0.25, -0.2) is 4.68 Å². The maximum atomic E-state index is 12.0. The van der Waals surface area contributed by atoms with Crippen LogP contribution in [-0.4, -0.2) is 44.5 Å². The molecule has 0 fully saturated rings. The van der Waals surface area contributed by atoms with Crippen LogP contribution < -0.4 is 5.84 Å². The summed E-state index contributed by atoms with van der Waals surface area (Å²) in [5, 5.41) is 9.98. The van der Waals surface area contributed by atoms with E-state index in [1.165, 1.54) is 28.2 Å². The first kappa shape index (κ1) is 19.0. The van der Waals surface area contributed by atoms with Crippen molar-refractivity contribution in [2.45, 2.75) is 29.9 Å². The van der Waals surface area contributed by atoms with E-state index in [0.717, 1.165) is 5.56 Å². The Kier molecular flexibility index (Phi) is 7.26. The Labute approximate surface area is 155 Å². The summed E-state index contributed by atoms with van der Waals surface area (Å²) < 4.78 is 1.42. The van der Waals surface area contributed by atoms with Gasteiger partial charge in [0.05, 0.1) is 5.75 Å². The minimum absolute atomic E-state index is 0.0678. The minimum Gasteiger partial charge on any atom is -0.343 e. The third-order valence-corrected chi connectivity index (χ3v) is 5.68. The number of thioether (sulfide) groups is 2. The lowest BCUT2D eigenvalue weighted by molar-refractivity contribution is -0.127. The topological polar surface area (TPSA) is 77.0 Å². The molecule has 0 saturated heterocycles. The van der Waals surface area contributed by atoms with E-state index in [4.69, 9.17) is 17.4 Å². The van der Waals surface area contributed by atoms with E-state index in [-0.39, 0.29) is 5.91 Å². The number of halogens is 1. The van der Waals surface area contributed by atoms with Gasteiger partial charge in [0.1, 0.15) is 0 Å². The second kappa shape index (κ2) is 9.19. The molecule has 1 aromatic carbocycles. The molecule has 1 amide bonds. The van der Waals surface area contributed by atoms with Crippen molar-refractivity contribution in [3.05, 3.63) is 34.9 Å². The first-order valence-electron chi connectivity index (χ1n) is 7.54. The average molecular weight is 386 g/mol. The van der Waals surface area contributed by atoms with Gasteiger partial charge in [0.2, 0.25) is 16.2 Å². The second-order valence-electron chi connectivity index (χ2n) is 4.87. The fraction of sp³-hybridized carbons (Fsp3) is 0.400. The van der Waals surface area contributed by atoms with Crippen molar-refractivity contribution < 1.29 is 4.79 Å². The highest BCUT2D eigenvalue weighted by Crippen LogP contribution is 2.26. The lowest BCUT2D eigenvalue weighted by atomic mass is 10.2. The summed E-state index contributed by atoms with van der Waals surface area (Å²) in [5.41, 5.74) is 1.01. The third-order valence-electron chi connectivity index (χ3n) is 3.39. The summed E-state index contributed by atoms with van der Waals surface area (Å²) in [7, 11) is 0. The van der Waals surface area contributed by atoms with Crippen molar-refractivity contribution in [3.8, 4) is 0 Å². The monoisotopic (exact) mass is 385 g/mol. The van der Waals surface area contributed by atoms with Crippen LogP contribution in [0.5, 0.6) is 0 Å². The van der Waals surface area contributed by atoms with E-state index in [1.807, 2.05) is 38.1 Å². The van der Waals surface area contributed by atoms with Crippen LogP contribution >= 0.6 is 35.1 Å². The zero-order chi connectivity index (χ0) is 17.5. The molecule has 9 heteroatoms. The molecule has 0 unspecified atom stereocenters. The van der Waals surface area contributed by atoms with Crippen LogP contribution in [0.1, 0.15) is 19.4 Å². The Balaban J connectivity index is 1.93. The van der Waals surface area contributed by atoms with Gasteiger partial charge >= 0.3 is 0 Å². The molecule has 1 aromatic heterocycles. The Morgan fingerprint density at radius 3 is 2.46 bits per heavy atom. The highest BCUT2D eigenvalue weighted by Gasteiger charge is 2.15. The first-order valence-corrected chi connectivity index (χ1v) is 9.89. The largest absolute Gasteiger partial charge is 0.343 e. The van der Waals surface area contributed by atoms with Gasteiger partial charge in [-0.05, 0) is 25.5 Å². The third kappa shape index (κ3) is 4.81. The van der Waals surface area contributed by atoms with Gasteiger partial charge in [0.25, 0.3) is 0 Å². The highest BCUT2D eigenvalue weighted by molar-refractivity contribution is 8.00. The standard InChI is InChI=1S/C15H20ClN5OS2/c1-3-20(4-2)13(22)10-24-15-19-18-14(21(15)17)23-9-11-7-5-6-8-12(11)16/h5-8H,3-4,9-10,17H2,1-2H3. The van der Waals surface area contributed by atoms with Crippen LogP contribution in [0.3, 0.4) is 0 Å². The molecule has 0 aliphatic heterocycles. The molecular weight excluding hydrogens is 366 g/mol. The number of nitrogens with two attached hydrogens (primary N) is 1. The van der Waals surface area contributed by atoms with Crippen LogP contribution in [0, 0.1) is 0 Å². The van der Waals surface area contributed by atoms with Crippen molar-refractivity contribution in [1.82, 2.24) is 19.8 Å². The number of carbonyl (C=O) groups is 1. The molecule has 2 N–H and O–H groups in total. The molecule has 1 heterocycles. The molecule has 2 rings (SSSR count). The molecule has 0 bridgehead atoms. The molecule has 24 heavy (non-hydrogen) atoms. The molecule has 2 aromatic rings. The fourth-order valence-corrected chi connectivity index (χ4v) is 3.97. The second-order valence-corrected chi connectivity index (χ2v) is 7.16. The Morgan fingerprint density at radius 1 is 1.21 bits per heavy atom. The molecule has 0 saturated carbocycles. The van der Waals surface area contributed by atoms with E-state index in [0.29, 0.717) is 39.9 Å². The van der Waals surface area contributed by atoms with Gasteiger partial charge < -0.3 is 10.7 Å². The van der Waals surface area contributed by atoms with E-state index < -0.39 is 0 Å². The van der Waals surface area contributed by atoms with Crippen LogP contribution in [0.15, 0.2) is 34.6 Å². The number of amides is 1. The predicted molar refractivity (Wildman–Crippen MR) is 99.8 cm³/mol. The Bertz CT molecular complexity index is 690. The molecule has 0 atom stereocenters. The molecular formula is C15H20ClN5OS2. The van der Waals surface area contributed by atoms with Crippen molar-refractivity contribution >= 4 is 41.0 Å². The summed E-state index contributed by atoms with van der Waals surface area (Å²) in [5.74, 6) is 7.04. The van der Waals surface area contributed by atoms with Gasteiger partial charge in [-0.15, -0.1) is 10.2 Å². The summed E-state index contributed by atoms with van der Waals surface area (Å²) in [4.78, 5) is 13.8. The van der Waals surface area contributed by atoms with Crippen molar-refractivity contribution in [2.75, 3.05) is 24.7 Å². The lowest BCUT2D eigenvalue weighted by Gasteiger charge is -2.17. The molecule has 6 nitrogen and oxygen atoms in total. The van der Waals surface area contributed by atoms with Gasteiger partial charge in [-0.2, -0.15) is 0 Å². The highest BCUT2D eigenvalue weighted by atomic mass is 35.5. The summed E-state index contributed by atoms with van der Waals surface area (Å²) in [6.45, 7) is 5.32. The number of carbonyl (C=O) groups excluding carboxylic acids is 1. The maximum absolute atomic E-state index is 12.0. The van der Waals surface area contributed by atoms with Gasteiger partial charge in [-0.1, -0.05) is 53.3 Å². The number of nitrogens with zero attached hydrogens (tertiary/aromatic N) is 4. The molecule has 0 aliphatic rings. The maximum Gasteiger partial charge on any atom is 0.233 e. The van der Waals surface area contributed by atoms with Crippen molar-refractivity contribution in [1.29, 1.82) is 0 Å². The zero-order valence-corrected chi connectivity index (χ0v) is 16.0. The normalized spacial score (nSPS) is 10.8. The SMILES string of the molecule is CCN(CC)C(=O)CSc1nnc(SCc2ccccc2Cl)n1N. The van der Waals surface area contributed by atoms with Crippen LogP contribution in [0.25, 0.3) is 0 Å². The minimum atomic E-state index is 0.0678. The van der Waals surface area contributed by atoms with Gasteiger partial charge in [0.15, 0.2) is 0 Å². The number of benzene rings is 1. The number of nitrogen functional groups attached to an aromatic ring is 1. The van der Waals surface area contributed by atoms with E-state index in [1.54, 1.807) is 4.90 Å². The van der Waals surface area contributed by atoms with E-state index in [2.05, 4.69) is 10.2 Å². The summed E-state index contributed by atoms with van der Waals surface area (Å²) in [6.07, 6.45) is 0. The van der Waals surface area contributed by atoms with Crippen molar-refractivity contribution in [3.63, 3.8) is 0 Å². The zero-order valence-electron chi connectivity index (χ0n) is 13.6. The average Bonchev–Trinajstić information content (AvgIpc) is 2.93. The predicted octanol–water partition coefficient (Wildman–Crippen LogP) is 2.90. The van der Waals surface area contributed by atoms with Gasteiger partial charge in [0, 0.05) is 23.9 Å². The van der Waals surface area contributed by atoms with Gasteiger partial charge in [-0.3, -0.25) is 4.79 Å². The van der Waals surface area contributed by atoms with Crippen molar-refractivity contribution in [2.24, 2.45) is 0 Å². The number of rotatable bonds is 8. The van der Waals surface area contributed by atoms with E-state index >= 15 is 0 Å². The number of hydrogen-bond acceptors (Lipinski definition) is 6. The van der Waals surface area contributed by atoms with Crippen LogP contribution in [0.4, 0.5) is 0 Å². The molecule has 0 aliphatic carbocycles. The number of aromatic nitrogens is 3. The molecule has 0 spiro atoms. The van der Waals surface area contributed by atoms with Crippen LogP contribution in [-0.2, 0) is 10.5 Å². The fourth-order valence-electron chi connectivity index (χ4n) is 2.01. The molecule has 0 radical (unpaired) electrons. The first-order chi connectivity index (χ1) is 11.6. The number of hydrogen-bond donors (Lipinski definition) is 1. The van der Waals surface area contributed by atoms with E-state index in [9.17, 15) is 4.79 Å². The Hall–Kier alpha value is -1.38. The smallest absolute Gasteiger partial charge is 0.233 e.